The Morgan fingerprint density at radius 3 is 2.73 bits per heavy atom. The first-order valence-electron chi connectivity index (χ1n) is 4.65. The fourth-order valence-corrected chi connectivity index (χ4v) is 1.94. The van der Waals surface area contributed by atoms with Crippen LogP contribution in [0.4, 0.5) is 0 Å². The van der Waals surface area contributed by atoms with Crippen molar-refractivity contribution in [1.29, 1.82) is 0 Å². The van der Waals surface area contributed by atoms with E-state index in [2.05, 4.69) is 35.9 Å². The molecular formula is C13H14OSe. The van der Waals surface area contributed by atoms with Gasteiger partial charge in [0.25, 0.3) is 0 Å². The molecular weight excluding hydrogens is 251 g/mol. The van der Waals surface area contributed by atoms with Gasteiger partial charge in [-0.1, -0.05) is 0 Å². The normalized spacial score (nSPS) is 10.7. The molecule has 0 radical (unpaired) electrons. The van der Waals surface area contributed by atoms with Crippen LogP contribution in [0, 0.1) is 11.8 Å². The maximum absolute atomic E-state index is 4.89. The van der Waals surface area contributed by atoms with E-state index < -0.39 is 0 Å². The molecule has 0 amide bonds. The van der Waals surface area contributed by atoms with Crippen LogP contribution in [0.15, 0.2) is 34.8 Å². The molecule has 0 aromatic heterocycles. The van der Waals surface area contributed by atoms with Crippen molar-refractivity contribution in [3.63, 3.8) is 0 Å². The van der Waals surface area contributed by atoms with E-state index in [1.807, 2.05) is 18.2 Å². The molecule has 0 fully saturated rings. The Morgan fingerprint density at radius 1 is 1.40 bits per heavy atom. The Hall–Kier alpha value is -1.00. The van der Waals surface area contributed by atoms with Crippen molar-refractivity contribution >= 4 is 21.0 Å². The third-order valence-corrected chi connectivity index (χ3v) is 3.13. The first kappa shape index (κ1) is 12.1. The molecule has 2 heteroatoms. The Balaban J connectivity index is 2.76. The van der Waals surface area contributed by atoms with Gasteiger partial charge in [-0.3, -0.25) is 0 Å². The van der Waals surface area contributed by atoms with Gasteiger partial charge < -0.3 is 0 Å². The van der Waals surface area contributed by atoms with Crippen molar-refractivity contribution < 1.29 is 4.74 Å². The molecule has 0 bridgehead atoms. The molecule has 1 nitrogen and oxygen atoms in total. The van der Waals surface area contributed by atoms with Gasteiger partial charge in [0.2, 0.25) is 0 Å². The summed E-state index contributed by atoms with van der Waals surface area (Å²) in [5.74, 6) is 8.28. The van der Waals surface area contributed by atoms with Gasteiger partial charge in [-0.05, 0) is 0 Å². The first-order valence-corrected chi connectivity index (χ1v) is 7.22. The summed E-state index contributed by atoms with van der Waals surface area (Å²) in [5.41, 5.74) is 1.21. The van der Waals surface area contributed by atoms with Crippen LogP contribution in [-0.2, 0) is 4.74 Å². The zero-order valence-electron chi connectivity index (χ0n) is 8.99. The number of methoxy groups -OCH3 is 1. The third kappa shape index (κ3) is 4.85. The monoisotopic (exact) mass is 266 g/mol. The standard InChI is InChI=1S/C13H14OSe/c1-14-10-6-9-13(15-2)11-12-7-4-3-5-8-12/h3-5,7-8,11H,10H2,1-2H3/b13-11-. The molecule has 0 aliphatic carbocycles. The van der Waals surface area contributed by atoms with Crippen LogP contribution in [-0.4, -0.2) is 28.7 Å². The molecule has 15 heavy (non-hydrogen) atoms. The average molecular weight is 265 g/mol. The Morgan fingerprint density at radius 2 is 2.13 bits per heavy atom. The van der Waals surface area contributed by atoms with Crippen molar-refractivity contribution in [3.8, 4) is 11.8 Å². The number of rotatable bonds is 3. The minimum absolute atomic E-state index is 0.427. The molecule has 1 aromatic rings. The van der Waals surface area contributed by atoms with E-state index in [1.54, 1.807) is 7.11 Å². The molecule has 1 aromatic carbocycles. The van der Waals surface area contributed by atoms with Crippen molar-refractivity contribution in [2.75, 3.05) is 13.7 Å². The maximum atomic E-state index is 4.89. The third-order valence-electron chi connectivity index (χ3n) is 1.75. The van der Waals surface area contributed by atoms with Gasteiger partial charge in [0.1, 0.15) is 0 Å². The molecule has 1 rings (SSSR count). The molecule has 0 aliphatic rings. The fourth-order valence-electron chi connectivity index (χ4n) is 1.04. The molecule has 0 spiro atoms. The molecule has 0 saturated heterocycles. The summed E-state index contributed by atoms with van der Waals surface area (Å²) in [4.78, 5) is 0. The van der Waals surface area contributed by atoms with Gasteiger partial charge in [0, 0.05) is 0 Å². The van der Waals surface area contributed by atoms with E-state index in [1.165, 1.54) is 10.0 Å². The molecule has 0 aliphatic heterocycles. The minimum atomic E-state index is 0.427. The molecule has 0 N–H and O–H groups in total. The summed E-state index contributed by atoms with van der Waals surface area (Å²) in [7, 11) is 1.66. The van der Waals surface area contributed by atoms with Crippen LogP contribution in [0.5, 0.6) is 0 Å². The van der Waals surface area contributed by atoms with E-state index in [0.29, 0.717) is 21.6 Å². The van der Waals surface area contributed by atoms with Gasteiger partial charge >= 0.3 is 97.5 Å². The predicted octanol–water partition coefficient (Wildman–Crippen LogP) is 2.43. The first-order chi connectivity index (χ1) is 7.36. The van der Waals surface area contributed by atoms with Gasteiger partial charge in [0.15, 0.2) is 0 Å². The number of benzene rings is 1. The van der Waals surface area contributed by atoms with Crippen LogP contribution < -0.4 is 0 Å². The molecule has 78 valence electrons. The van der Waals surface area contributed by atoms with Crippen molar-refractivity contribution in [3.05, 3.63) is 40.4 Å². The molecule has 0 unspecified atom stereocenters. The zero-order valence-corrected chi connectivity index (χ0v) is 10.7. The van der Waals surface area contributed by atoms with Gasteiger partial charge in [-0.15, -0.1) is 0 Å². The second-order valence-electron chi connectivity index (χ2n) is 2.86. The van der Waals surface area contributed by atoms with E-state index in [-0.39, 0.29) is 0 Å². The van der Waals surface area contributed by atoms with Gasteiger partial charge in [0.05, 0.1) is 0 Å². The fraction of sp³-hybridized carbons (Fsp3) is 0.231. The molecule has 0 saturated carbocycles. The second kappa shape index (κ2) is 7.31. The van der Waals surface area contributed by atoms with E-state index in [4.69, 9.17) is 4.74 Å². The summed E-state index contributed by atoms with van der Waals surface area (Å²) in [6, 6.07) is 10.3. The SMILES string of the molecule is COCC#C/C(=C/c1ccccc1)[Se]C. The van der Waals surface area contributed by atoms with E-state index >= 15 is 0 Å². The summed E-state index contributed by atoms with van der Waals surface area (Å²) in [5, 5.41) is 0. The Labute approximate surface area is 97.7 Å². The molecule has 0 atom stereocenters. The second-order valence-corrected chi connectivity index (χ2v) is 4.64. The van der Waals surface area contributed by atoms with E-state index in [0.717, 1.165) is 0 Å². The Bertz CT molecular complexity index is 371. The van der Waals surface area contributed by atoms with E-state index in [9.17, 15) is 0 Å². The summed E-state index contributed by atoms with van der Waals surface area (Å²) >= 11 is 0.427. The summed E-state index contributed by atoms with van der Waals surface area (Å²) < 4.78 is 6.09. The Kier molecular flexibility index (Phi) is 5.88. The van der Waals surface area contributed by atoms with Crippen LogP contribution >= 0.6 is 0 Å². The van der Waals surface area contributed by atoms with Crippen molar-refractivity contribution in [1.82, 2.24) is 0 Å². The van der Waals surface area contributed by atoms with Crippen LogP contribution in [0.2, 0.25) is 5.82 Å². The quantitative estimate of drug-likeness (QED) is 0.602. The number of hydrogen-bond donors (Lipinski definition) is 0. The van der Waals surface area contributed by atoms with Crippen molar-refractivity contribution in [2.45, 2.75) is 5.82 Å². The van der Waals surface area contributed by atoms with Crippen LogP contribution in [0.3, 0.4) is 0 Å². The molecule has 0 heterocycles. The average Bonchev–Trinajstić information content (AvgIpc) is 2.29. The zero-order chi connectivity index (χ0) is 10.9. The predicted molar refractivity (Wildman–Crippen MR) is 65.7 cm³/mol. The number of allylic oxidation sites excluding steroid dienone is 1. The van der Waals surface area contributed by atoms with Crippen LogP contribution in [0.1, 0.15) is 5.56 Å². The summed E-state index contributed by atoms with van der Waals surface area (Å²) in [6.07, 6.45) is 2.14. The summed E-state index contributed by atoms with van der Waals surface area (Å²) in [6.45, 7) is 0.502. The topological polar surface area (TPSA) is 9.23 Å². The number of hydrogen-bond acceptors (Lipinski definition) is 1. The van der Waals surface area contributed by atoms with Crippen LogP contribution in [0.25, 0.3) is 6.08 Å². The number of ether oxygens (including phenoxy) is 1. The van der Waals surface area contributed by atoms with Crippen molar-refractivity contribution in [2.24, 2.45) is 0 Å². The van der Waals surface area contributed by atoms with Gasteiger partial charge in [-0.2, -0.15) is 0 Å². The van der Waals surface area contributed by atoms with Gasteiger partial charge in [-0.25, -0.2) is 0 Å².